The molecule has 6 nitrogen and oxygen atoms in total. The molecule has 3 fully saturated rings. The molecule has 1 aliphatic carbocycles. The number of rotatable bonds is 3. The van der Waals surface area contributed by atoms with Gasteiger partial charge < -0.3 is 15.1 Å². The van der Waals surface area contributed by atoms with Gasteiger partial charge in [-0.1, -0.05) is 6.07 Å². The van der Waals surface area contributed by atoms with Crippen molar-refractivity contribution in [2.45, 2.75) is 37.8 Å². The second kappa shape index (κ2) is 7.04. The van der Waals surface area contributed by atoms with Crippen LogP contribution in [0.3, 0.4) is 0 Å². The first-order valence-electron chi connectivity index (χ1n) is 10.2. The first-order valence-corrected chi connectivity index (χ1v) is 10.2. The number of benzene rings is 1. The molecule has 156 valence electrons. The van der Waals surface area contributed by atoms with Gasteiger partial charge in [0.15, 0.2) is 0 Å². The number of halogens is 2. The second-order valence-corrected chi connectivity index (χ2v) is 8.33. The molecular weight excluding hydrogens is 390 g/mol. The number of hydrogen-bond acceptors (Lipinski definition) is 3. The molecule has 2 aromatic rings. The summed E-state index contributed by atoms with van der Waals surface area (Å²) in [4.78, 5) is 33.8. The predicted octanol–water partition coefficient (Wildman–Crippen LogP) is 3.72. The Morgan fingerprint density at radius 1 is 1.10 bits per heavy atom. The Hall–Kier alpha value is -3.03. The first-order chi connectivity index (χ1) is 14.5. The van der Waals surface area contributed by atoms with Gasteiger partial charge in [0, 0.05) is 37.1 Å². The van der Waals surface area contributed by atoms with Crippen LogP contribution in [0, 0.1) is 17.0 Å². The number of amides is 3. The summed E-state index contributed by atoms with van der Waals surface area (Å²) in [6.07, 6.45) is 4.90. The highest BCUT2D eigenvalue weighted by Crippen LogP contribution is 2.58. The molecule has 1 saturated carbocycles. The summed E-state index contributed by atoms with van der Waals surface area (Å²) in [5, 5.41) is 2.55. The van der Waals surface area contributed by atoms with E-state index in [1.807, 2.05) is 23.1 Å². The lowest BCUT2D eigenvalue weighted by Crippen LogP contribution is -2.67. The van der Waals surface area contributed by atoms with Crippen LogP contribution in [0.4, 0.5) is 19.3 Å². The third kappa shape index (κ3) is 3.11. The Kier molecular flexibility index (Phi) is 4.45. The summed E-state index contributed by atoms with van der Waals surface area (Å²) in [6.45, 7) is 0.800. The summed E-state index contributed by atoms with van der Waals surface area (Å²) < 4.78 is 26.8. The maximum absolute atomic E-state index is 13.4. The molecule has 3 aliphatic rings. The lowest BCUT2D eigenvalue weighted by molar-refractivity contribution is -0.181. The molecule has 1 aromatic carbocycles. The monoisotopic (exact) mass is 412 g/mol. The maximum Gasteiger partial charge on any atom is 0.321 e. The summed E-state index contributed by atoms with van der Waals surface area (Å²) in [6, 6.07) is 8.50. The van der Waals surface area contributed by atoms with Gasteiger partial charge in [-0.15, -0.1) is 0 Å². The van der Waals surface area contributed by atoms with Crippen LogP contribution >= 0.6 is 0 Å². The van der Waals surface area contributed by atoms with Crippen LogP contribution in [-0.2, 0) is 4.79 Å². The van der Waals surface area contributed by atoms with E-state index in [4.69, 9.17) is 0 Å². The third-order valence-corrected chi connectivity index (χ3v) is 6.43. The Balaban J connectivity index is 1.30. The van der Waals surface area contributed by atoms with Crippen molar-refractivity contribution in [3.8, 4) is 0 Å². The van der Waals surface area contributed by atoms with E-state index in [2.05, 4.69) is 10.3 Å². The van der Waals surface area contributed by atoms with E-state index < -0.39 is 23.1 Å². The molecule has 5 rings (SSSR count). The number of carbonyl (C=O) groups excluding carboxylic acids is 2. The van der Waals surface area contributed by atoms with Crippen LogP contribution in [0.25, 0.3) is 0 Å². The van der Waals surface area contributed by atoms with Gasteiger partial charge in [0.05, 0.1) is 17.2 Å². The van der Waals surface area contributed by atoms with Crippen molar-refractivity contribution in [1.82, 2.24) is 14.8 Å². The van der Waals surface area contributed by atoms with Gasteiger partial charge in [-0.3, -0.25) is 9.78 Å². The van der Waals surface area contributed by atoms with Gasteiger partial charge in [-0.25, -0.2) is 13.6 Å². The van der Waals surface area contributed by atoms with Gasteiger partial charge >= 0.3 is 6.03 Å². The third-order valence-electron chi connectivity index (χ3n) is 6.43. The van der Waals surface area contributed by atoms with Crippen LogP contribution in [0.2, 0.25) is 0 Å². The van der Waals surface area contributed by atoms with Crippen LogP contribution in [0.1, 0.15) is 37.4 Å². The smallest absolute Gasteiger partial charge is 0.321 e. The van der Waals surface area contributed by atoms with Gasteiger partial charge in [0.25, 0.3) is 0 Å². The minimum Gasteiger partial charge on any atom is -0.329 e. The van der Waals surface area contributed by atoms with E-state index in [0.717, 1.165) is 36.7 Å². The van der Waals surface area contributed by atoms with Crippen molar-refractivity contribution in [2.24, 2.45) is 5.41 Å². The van der Waals surface area contributed by atoms with Gasteiger partial charge in [-0.2, -0.15) is 0 Å². The molecule has 0 bridgehead atoms. The predicted molar refractivity (Wildman–Crippen MR) is 105 cm³/mol. The fourth-order valence-electron chi connectivity index (χ4n) is 4.81. The molecule has 0 radical (unpaired) electrons. The van der Waals surface area contributed by atoms with Gasteiger partial charge in [0.2, 0.25) is 5.91 Å². The highest BCUT2D eigenvalue weighted by Gasteiger charge is 2.65. The van der Waals surface area contributed by atoms with Crippen LogP contribution in [0.15, 0.2) is 42.6 Å². The van der Waals surface area contributed by atoms with E-state index in [-0.39, 0.29) is 17.6 Å². The van der Waals surface area contributed by atoms with Crippen LogP contribution in [-0.4, -0.2) is 45.9 Å². The SMILES string of the molecule is O=C(Nc1cc(F)cc(F)c1)N1CCC2(CC1)C(=O)N(C1CC1)C2c1ccccn1. The average molecular weight is 412 g/mol. The number of aromatic nitrogens is 1. The number of anilines is 1. The lowest BCUT2D eigenvalue weighted by Gasteiger charge is -2.58. The Morgan fingerprint density at radius 2 is 1.80 bits per heavy atom. The van der Waals surface area contributed by atoms with Crippen molar-refractivity contribution in [2.75, 3.05) is 18.4 Å². The zero-order valence-corrected chi connectivity index (χ0v) is 16.4. The summed E-state index contributed by atoms with van der Waals surface area (Å²) in [5.41, 5.74) is 0.444. The van der Waals surface area contributed by atoms with Crippen LogP contribution < -0.4 is 5.32 Å². The van der Waals surface area contributed by atoms with Gasteiger partial charge in [-0.05, 0) is 49.9 Å². The minimum absolute atomic E-state index is 0.0544. The highest BCUT2D eigenvalue weighted by molar-refractivity contribution is 5.92. The number of nitrogens with zero attached hydrogens (tertiary/aromatic N) is 3. The number of urea groups is 1. The maximum atomic E-state index is 13.4. The van der Waals surface area contributed by atoms with E-state index in [9.17, 15) is 18.4 Å². The zero-order valence-electron chi connectivity index (χ0n) is 16.4. The van der Waals surface area contributed by atoms with E-state index in [1.165, 1.54) is 0 Å². The molecular formula is C22H22F2N4O2. The lowest BCUT2D eigenvalue weighted by atomic mass is 9.63. The van der Waals surface area contributed by atoms with Crippen molar-refractivity contribution >= 4 is 17.6 Å². The molecule has 1 spiro atoms. The van der Waals surface area contributed by atoms with Crippen molar-refractivity contribution in [3.63, 3.8) is 0 Å². The normalized spacial score (nSPS) is 22.7. The molecule has 2 saturated heterocycles. The quantitative estimate of drug-likeness (QED) is 0.782. The van der Waals surface area contributed by atoms with Crippen molar-refractivity contribution in [1.29, 1.82) is 0 Å². The molecule has 1 unspecified atom stereocenters. The largest absolute Gasteiger partial charge is 0.329 e. The molecule has 30 heavy (non-hydrogen) atoms. The fourth-order valence-corrected chi connectivity index (χ4v) is 4.81. The van der Waals surface area contributed by atoms with E-state index in [0.29, 0.717) is 32.0 Å². The number of nitrogens with one attached hydrogen (secondary N) is 1. The van der Waals surface area contributed by atoms with Gasteiger partial charge in [0.1, 0.15) is 11.6 Å². The summed E-state index contributed by atoms with van der Waals surface area (Å²) >= 11 is 0. The standard InChI is InChI=1S/C22H22F2N4O2/c23-14-11-15(24)13-16(12-14)26-21(30)27-9-6-22(7-10-27)19(18-3-1-2-8-25-18)28(20(22)29)17-4-5-17/h1-3,8,11-13,17,19H,4-7,9-10H2,(H,26,30). The Morgan fingerprint density at radius 3 is 2.40 bits per heavy atom. The average Bonchev–Trinajstić information content (AvgIpc) is 3.56. The molecule has 8 heteroatoms. The fraction of sp³-hybridized carbons (Fsp3) is 0.409. The number of β-lactam (4-membered cyclic amide) rings is 1. The highest BCUT2D eigenvalue weighted by atomic mass is 19.1. The number of hydrogen-bond donors (Lipinski definition) is 1. The molecule has 2 aliphatic heterocycles. The van der Waals surface area contributed by atoms with E-state index >= 15 is 0 Å². The Labute approximate surface area is 172 Å². The van der Waals surface area contributed by atoms with Crippen molar-refractivity contribution < 1.29 is 18.4 Å². The number of carbonyl (C=O) groups is 2. The second-order valence-electron chi connectivity index (χ2n) is 8.33. The topological polar surface area (TPSA) is 65.5 Å². The van der Waals surface area contributed by atoms with Crippen molar-refractivity contribution in [3.05, 3.63) is 59.9 Å². The molecule has 1 N–H and O–H groups in total. The summed E-state index contributed by atoms with van der Waals surface area (Å²) in [7, 11) is 0. The van der Waals surface area contributed by atoms with Crippen LogP contribution in [0.5, 0.6) is 0 Å². The Bertz CT molecular complexity index is 968. The number of pyridine rings is 1. The zero-order chi connectivity index (χ0) is 20.9. The summed E-state index contributed by atoms with van der Waals surface area (Å²) in [5.74, 6) is -1.34. The van der Waals surface area contributed by atoms with E-state index in [1.54, 1.807) is 11.1 Å². The number of likely N-dealkylation sites (tertiary alicyclic amines) is 2. The molecule has 1 atom stereocenters. The molecule has 3 heterocycles. The molecule has 1 aromatic heterocycles. The molecule has 3 amide bonds. The first kappa shape index (κ1) is 19.0. The number of piperidine rings is 1. The minimum atomic E-state index is -0.749.